The Balaban J connectivity index is 2.21. The fourth-order valence-corrected chi connectivity index (χ4v) is 2.07. The van der Waals surface area contributed by atoms with Gasteiger partial charge in [0.1, 0.15) is 12.1 Å². The minimum absolute atomic E-state index is 0.0742. The fourth-order valence-electron chi connectivity index (χ4n) is 2.07. The predicted molar refractivity (Wildman–Crippen MR) is 75.4 cm³/mol. The molecular formula is C15H19N3O2. The molecule has 0 aromatic carbocycles. The first-order valence-corrected chi connectivity index (χ1v) is 6.59. The maximum atomic E-state index is 12.5. The highest BCUT2D eigenvalue weighted by atomic mass is 16.3. The van der Waals surface area contributed by atoms with Crippen LogP contribution in [0.1, 0.15) is 47.1 Å². The van der Waals surface area contributed by atoms with Crippen molar-refractivity contribution in [2.75, 3.05) is 7.05 Å². The van der Waals surface area contributed by atoms with E-state index in [1.807, 2.05) is 26.8 Å². The second-order valence-electron chi connectivity index (χ2n) is 5.14. The molecule has 0 bridgehead atoms. The summed E-state index contributed by atoms with van der Waals surface area (Å²) in [6, 6.07) is 1.88. The molecule has 20 heavy (non-hydrogen) atoms. The Labute approximate surface area is 118 Å². The summed E-state index contributed by atoms with van der Waals surface area (Å²) in [4.78, 5) is 22.4. The maximum absolute atomic E-state index is 12.5. The summed E-state index contributed by atoms with van der Waals surface area (Å²) in [6.07, 6.45) is 4.70. The number of carbonyl (C=O) groups is 1. The lowest BCUT2D eigenvalue weighted by molar-refractivity contribution is 0.0782. The lowest BCUT2D eigenvalue weighted by Gasteiger charge is -2.19. The van der Waals surface area contributed by atoms with Gasteiger partial charge in [-0.3, -0.25) is 4.79 Å². The first kappa shape index (κ1) is 14.2. The van der Waals surface area contributed by atoms with Gasteiger partial charge >= 0.3 is 0 Å². The Morgan fingerprint density at radius 1 is 1.45 bits per heavy atom. The molecule has 0 saturated carbocycles. The summed E-state index contributed by atoms with van der Waals surface area (Å²) in [6.45, 7) is 6.42. The summed E-state index contributed by atoms with van der Waals surface area (Å²) < 4.78 is 5.25. The SMILES string of the molecule is Cc1occc1CN(C)C(=O)c1cncnc1C(C)C. The molecule has 106 valence electrons. The lowest BCUT2D eigenvalue weighted by atomic mass is 10.0. The van der Waals surface area contributed by atoms with Crippen LogP contribution in [0, 0.1) is 6.92 Å². The van der Waals surface area contributed by atoms with Gasteiger partial charge in [-0.25, -0.2) is 9.97 Å². The van der Waals surface area contributed by atoms with E-state index in [4.69, 9.17) is 4.42 Å². The van der Waals surface area contributed by atoms with Gasteiger partial charge in [-0.15, -0.1) is 0 Å². The second-order valence-corrected chi connectivity index (χ2v) is 5.14. The molecule has 2 rings (SSSR count). The highest BCUT2D eigenvalue weighted by Crippen LogP contribution is 2.18. The quantitative estimate of drug-likeness (QED) is 0.859. The van der Waals surface area contributed by atoms with Gasteiger partial charge < -0.3 is 9.32 Å². The smallest absolute Gasteiger partial charge is 0.257 e. The van der Waals surface area contributed by atoms with Crippen LogP contribution in [0.3, 0.4) is 0 Å². The number of aryl methyl sites for hydroxylation is 1. The van der Waals surface area contributed by atoms with Gasteiger partial charge in [0.25, 0.3) is 5.91 Å². The molecule has 0 unspecified atom stereocenters. The van der Waals surface area contributed by atoms with Crippen LogP contribution >= 0.6 is 0 Å². The van der Waals surface area contributed by atoms with Crippen LogP contribution in [0.2, 0.25) is 0 Å². The van der Waals surface area contributed by atoms with Crippen LogP contribution < -0.4 is 0 Å². The van der Waals surface area contributed by atoms with Crippen molar-refractivity contribution in [3.8, 4) is 0 Å². The Hall–Kier alpha value is -2.17. The summed E-state index contributed by atoms with van der Waals surface area (Å²) >= 11 is 0. The fraction of sp³-hybridized carbons (Fsp3) is 0.400. The summed E-state index contributed by atoms with van der Waals surface area (Å²) in [5, 5.41) is 0. The molecule has 0 N–H and O–H groups in total. The average molecular weight is 273 g/mol. The molecular weight excluding hydrogens is 254 g/mol. The Bertz CT molecular complexity index is 605. The standard InChI is InChI=1S/C15H19N3O2/c1-10(2)14-13(7-16-9-17-14)15(19)18(4)8-12-5-6-20-11(12)3/h5-7,9-10H,8H2,1-4H3. The van der Waals surface area contributed by atoms with Gasteiger partial charge in [0.15, 0.2) is 0 Å². The molecule has 1 amide bonds. The number of furan rings is 1. The second kappa shape index (κ2) is 5.86. The van der Waals surface area contributed by atoms with Crippen LogP contribution in [-0.2, 0) is 6.54 Å². The van der Waals surface area contributed by atoms with Gasteiger partial charge in [-0.1, -0.05) is 13.8 Å². The van der Waals surface area contributed by atoms with Crippen LogP contribution in [0.15, 0.2) is 29.3 Å². The number of nitrogens with zero attached hydrogens (tertiary/aromatic N) is 3. The largest absolute Gasteiger partial charge is 0.469 e. The van der Waals surface area contributed by atoms with Crippen molar-refractivity contribution in [2.45, 2.75) is 33.2 Å². The molecule has 0 aliphatic carbocycles. The summed E-state index contributed by atoms with van der Waals surface area (Å²) in [7, 11) is 1.77. The third-order valence-electron chi connectivity index (χ3n) is 3.24. The first-order chi connectivity index (χ1) is 9.50. The monoisotopic (exact) mass is 273 g/mol. The van der Waals surface area contributed by atoms with E-state index in [2.05, 4.69) is 9.97 Å². The number of rotatable bonds is 4. The molecule has 0 aliphatic heterocycles. The van der Waals surface area contributed by atoms with Gasteiger partial charge in [0.05, 0.1) is 17.5 Å². The molecule has 5 heteroatoms. The Morgan fingerprint density at radius 2 is 2.20 bits per heavy atom. The first-order valence-electron chi connectivity index (χ1n) is 6.59. The number of hydrogen-bond donors (Lipinski definition) is 0. The number of carbonyl (C=O) groups excluding carboxylic acids is 1. The van der Waals surface area contributed by atoms with Crippen LogP contribution in [0.4, 0.5) is 0 Å². The third kappa shape index (κ3) is 2.87. The van der Waals surface area contributed by atoms with Gasteiger partial charge in [0.2, 0.25) is 0 Å². The highest BCUT2D eigenvalue weighted by Gasteiger charge is 2.19. The molecule has 0 radical (unpaired) electrons. The van der Waals surface area contributed by atoms with E-state index in [0.717, 1.165) is 17.0 Å². The van der Waals surface area contributed by atoms with Gasteiger partial charge in [-0.05, 0) is 18.9 Å². The number of amides is 1. The Morgan fingerprint density at radius 3 is 2.80 bits per heavy atom. The zero-order chi connectivity index (χ0) is 14.7. The van der Waals surface area contributed by atoms with Gasteiger partial charge in [0, 0.05) is 25.4 Å². The van der Waals surface area contributed by atoms with E-state index in [-0.39, 0.29) is 11.8 Å². The lowest BCUT2D eigenvalue weighted by Crippen LogP contribution is -2.28. The van der Waals surface area contributed by atoms with Gasteiger partial charge in [-0.2, -0.15) is 0 Å². The minimum Gasteiger partial charge on any atom is -0.469 e. The normalized spacial score (nSPS) is 10.8. The van der Waals surface area contributed by atoms with Crippen molar-refractivity contribution in [2.24, 2.45) is 0 Å². The average Bonchev–Trinajstić information content (AvgIpc) is 2.83. The van der Waals surface area contributed by atoms with E-state index >= 15 is 0 Å². The summed E-state index contributed by atoms with van der Waals surface area (Å²) in [5.74, 6) is 0.939. The maximum Gasteiger partial charge on any atom is 0.257 e. The molecule has 0 fully saturated rings. The van der Waals surface area contributed by atoms with E-state index in [1.165, 1.54) is 6.33 Å². The van der Waals surface area contributed by atoms with Crippen LogP contribution in [-0.4, -0.2) is 27.8 Å². The van der Waals surface area contributed by atoms with E-state index in [1.54, 1.807) is 24.4 Å². The molecule has 2 heterocycles. The highest BCUT2D eigenvalue weighted by molar-refractivity contribution is 5.94. The molecule has 0 atom stereocenters. The van der Waals surface area contributed by atoms with Crippen molar-refractivity contribution in [1.82, 2.24) is 14.9 Å². The Kier molecular flexibility index (Phi) is 4.17. The molecule has 0 saturated heterocycles. The van der Waals surface area contributed by atoms with Crippen molar-refractivity contribution >= 4 is 5.91 Å². The van der Waals surface area contributed by atoms with Crippen LogP contribution in [0.25, 0.3) is 0 Å². The zero-order valence-corrected chi connectivity index (χ0v) is 12.3. The van der Waals surface area contributed by atoms with E-state index < -0.39 is 0 Å². The summed E-state index contributed by atoms with van der Waals surface area (Å²) in [5.41, 5.74) is 2.34. The van der Waals surface area contributed by atoms with Crippen molar-refractivity contribution < 1.29 is 9.21 Å². The number of hydrogen-bond acceptors (Lipinski definition) is 4. The predicted octanol–water partition coefficient (Wildman–Crippen LogP) is 2.77. The molecule has 0 spiro atoms. The topological polar surface area (TPSA) is 59.2 Å². The third-order valence-corrected chi connectivity index (χ3v) is 3.24. The van der Waals surface area contributed by atoms with E-state index in [0.29, 0.717) is 12.1 Å². The minimum atomic E-state index is -0.0742. The van der Waals surface area contributed by atoms with Crippen molar-refractivity contribution in [3.63, 3.8) is 0 Å². The zero-order valence-electron chi connectivity index (χ0n) is 12.3. The number of aromatic nitrogens is 2. The molecule has 5 nitrogen and oxygen atoms in total. The van der Waals surface area contributed by atoms with Crippen molar-refractivity contribution in [3.05, 3.63) is 47.4 Å². The molecule has 2 aromatic rings. The van der Waals surface area contributed by atoms with Crippen molar-refractivity contribution in [1.29, 1.82) is 0 Å². The van der Waals surface area contributed by atoms with E-state index in [9.17, 15) is 4.79 Å². The van der Waals surface area contributed by atoms with Crippen LogP contribution in [0.5, 0.6) is 0 Å². The molecule has 2 aromatic heterocycles. The molecule has 0 aliphatic rings.